The van der Waals surface area contributed by atoms with Crippen molar-refractivity contribution in [3.05, 3.63) is 0 Å². The molecule has 0 radical (unpaired) electrons. The summed E-state index contributed by atoms with van der Waals surface area (Å²) in [6.45, 7) is 4.13. The van der Waals surface area contributed by atoms with Gasteiger partial charge in [-0.05, 0) is 38.0 Å². The van der Waals surface area contributed by atoms with Gasteiger partial charge in [0.2, 0.25) is 0 Å². The van der Waals surface area contributed by atoms with Crippen LogP contribution in [0, 0.1) is 5.92 Å². The van der Waals surface area contributed by atoms with E-state index in [9.17, 15) is 4.79 Å². The van der Waals surface area contributed by atoms with Gasteiger partial charge in [0.05, 0.1) is 0 Å². The Morgan fingerprint density at radius 1 is 1.33 bits per heavy atom. The van der Waals surface area contributed by atoms with Gasteiger partial charge in [0.15, 0.2) is 0 Å². The molecule has 15 heavy (non-hydrogen) atoms. The average Bonchev–Trinajstić information content (AvgIpc) is 2.18. The molecule has 88 valence electrons. The van der Waals surface area contributed by atoms with E-state index in [4.69, 9.17) is 10.5 Å². The molecule has 1 aliphatic carbocycles. The number of carbonyl (C=O) groups excluding carboxylic acids is 1. The van der Waals surface area contributed by atoms with E-state index in [0.29, 0.717) is 12.3 Å². The summed E-state index contributed by atoms with van der Waals surface area (Å²) in [6, 6.07) is -0.438. The summed E-state index contributed by atoms with van der Waals surface area (Å²) in [5, 5.41) is 0. The highest BCUT2D eigenvalue weighted by molar-refractivity contribution is 5.75. The van der Waals surface area contributed by atoms with Gasteiger partial charge in [0.1, 0.15) is 12.1 Å². The van der Waals surface area contributed by atoms with Gasteiger partial charge in [-0.15, -0.1) is 0 Å². The Kier molecular flexibility index (Phi) is 5.09. The predicted molar refractivity (Wildman–Crippen MR) is 60.4 cm³/mol. The molecule has 1 rings (SSSR count). The fraction of sp³-hybridized carbons (Fsp3) is 0.917. The van der Waals surface area contributed by atoms with Crippen molar-refractivity contribution < 1.29 is 9.53 Å². The van der Waals surface area contributed by atoms with Crippen LogP contribution in [-0.4, -0.2) is 18.1 Å². The number of nitrogens with two attached hydrogens (primary N) is 1. The molecule has 0 amide bonds. The Hall–Kier alpha value is -0.570. The zero-order chi connectivity index (χ0) is 11.3. The monoisotopic (exact) mass is 213 g/mol. The van der Waals surface area contributed by atoms with Crippen molar-refractivity contribution in [3.8, 4) is 0 Å². The minimum absolute atomic E-state index is 0.129. The number of hydrogen-bond acceptors (Lipinski definition) is 3. The molecule has 0 aromatic carbocycles. The lowest BCUT2D eigenvalue weighted by molar-refractivity contribution is -0.152. The van der Waals surface area contributed by atoms with E-state index in [1.54, 1.807) is 0 Å². The normalized spacial score (nSPS) is 20.3. The number of ether oxygens (including phenoxy) is 1. The van der Waals surface area contributed by atoms with Gasteiger partial charge in [0, 0.05) is 0 Å². The van der Waals surface area contributed by atoms with Gasteiger partial charge in [-0.1, -0.05) is 20.3 Å². The van der Waals surface area contributed by atoms with Crippen molar-refractivity contribution in [3.63, 3.8) is 0 Å². The third kappa shape index (κ3) is 4.65. The maximum absolute atomic E-state index is 11.6. The van der Waals surface area contributed by atoms with Gasteiger partial charge in [0.25, 0.3) is 0 Å². The molecule has 0 spiro atoms. The van der Waals surface area contributed by atoms with Crippen molar-refractivity contribution >= 4 is 5.97 Å². The van der Waals surface area contributed by atoms with Gasteiger partial charge in [-0.25, -0.2) is 0 Å². The first-order valence-electron chi connectivity index (χ1n) is 6.05. The molecule has 1 fully saturated rings. The zero-order valence-electron chi connectivity index (χ0n) is 9.87. The molecule has 1 aliphatic rings. The van der Waals surface area contributed by atoms with E-state index in [1.165, 1.54) is 19.3 Å². The molecular weight excluding hydrogens is 190 g/mol. The smallest absolute Gasteiger partial charge is 0.323 e. The molecule has 0 bridgehead atoms. The maximum Gasteiger partial charge on any atom is 0.323 e. The summed E-state index contributed by atoms with van der Waals surface area (Å²) in [5.74, 6) is 0.231. The lowest BCUT2D eigenvalue weighted by Gasteiger charge is -2.23. The second kappa shape index (κ2) is 6.11. The van der Waals surface area contributed by atoms with E-state index >= 15 is 0 Å². The molecule has 0 aliphatic heterocycles. The van der Waals surface area contributed by atoms with Crippen LogP contribution in [0.15, 0.2) is 0 Å². The van der Waals surface area contributed by atoms with E-state index in [0.717, 1.165) is 12.8 Å². The van der Waals surface area contributed by atoms with Crippen LogP contribution in [0.25, 0.3) is 0 Å². The molecule has 0 saturated heterocycles. The van der Waals surface area contributed by atoms with Gasteiger partial charge < -0.3 is 10.5 Å². The number of hydrogen-bond donors (Lipinski definition) is 1. The van der Waals surface area contributed by atoms with Crippen LogP contribution in [0.5, 0.6) is 0 Å². The van der Waals surface area contributed by atoms with Crippen molar-refractivity contribution in [1.29, 1.82) is 0 Å². The molecule has 0 heterocycles. The minimum Gasteiger partial charge on any atom is -0.461 e. The number of carbonyl (C=O) groups is 1. The molecule has 1 atom stereocenters. The van der Waals surface area contributed by atoms with Crippen LogP contribution in [0.3, 0.4) is 0 Å². The highest BCUT2D eigenvalue weighted by atomic mass is 16.5. The standard InChI is InChI=1S/C12H23NO2/c1-9(2)8-11(13)12(14)15-10-6-4-3-5-7-10/h9-11H,3-8,13H2,1-2H3/t11-/m1/s1. The fourth-order valence-electron chi connectivity index (χ4n) is 2.04. The second-order valence-corrected chi connectivity index (χ2v) is 4.93. The Morgan fingerprint density at radius 3 is 2.47 bits per heavy atom. The number of rotatable bonds is 4. The Morgan fingerprint density at radius 2 is 1.93 bits per heavy atom. The first-order valence-corrected chi connectivity index (χ1v) is 6.05. The van der Waals surface area contributed by atoms with Crippen LogP contribution in [0.1, 0.15) is 52.4 Å². The molecular formula is C12H23NO2. The van der Waals surface area contributed by atoms with Crippen molar-refractivity contribution in [2.75, 3.05) is 0 Å². The molecule has 0 aromatic heterocycles. The van der Waals surface area contributed by atoms with E-state index in [-0.39, 0.29) is 12.1 Å². The van der Waals surface area contributed by atoms with E-state index in [2.05, 4.69) is 13.8 Å². The Balaban J connectivity index is 2.27. The molecule has 3 heteroatoms. The van der Waals surface area contributed by atoms with Crippen LogP contribution >= 0.6 is 0 Å². The first kappa shape index (κ1) is 12.5. The maximum atomic E-state index is 11.6. The molecule has 0 unspecified atom stereocenters. The fourth-order valence-corrected chi connectivity index (χ4v) is 2.04. The van der Waals surface area contributed by atoms with Crippen molar-refractivity contribution in [2.24, 2.45) is 11.7 Å². The molecule has 2 N–H and O–H groups in total. The van der Waals surface area contributed by atoms with Crippen molar-refractivity contribution in [1.82, 2.24) is 0 Å². The highest BCUT2D eigenvalue weighted by Crippen LogP contribution is 2.21. The lowest BCUT2D eigenvalue weighted by atomic mass is 9.97. The van der Waals surface area contributed by atoms with Crippen LogP contribution in [0.4, 0.5) is 0 Å². The summed E-state index contributed by atoms with van der Waals surface area (Å²) >= 11 is 0. The Bertz CT molecular complexity index is 198. The van der Waals surface area contributed by atoms with E-state index in [1.807, 2.05) is 0 Å². The predicted octanol–water partition coefficient (Wildman–Crippen LogP) is 2.24. The average molecular weight is 213 g/mol. The summed E-state index contributed by atoms with van der Waals surface area (Å²) in [5.41, 5.74) is 5.76. The number of esters is 1. The van der Waals surface area contributed by atoms with Crippen LogP contribution in [0.2, 0.25) is 0 Å². The first-order chi connectivity index (χ1) is 7.09. The summed E-state index contributed by atoms with van der Waals surface area (Å²) in [4.78, 5) is 11.6. The van der Waals surface area contributed by atoms with Crippen molar-refractivity contribution in [2.45, 2.75) is 64.5 Å². The molecule has 3 nitrogen and oxygen atoms in total. The third-order valence-corrected chi connectivity index (χ3v) is 2.86. The summed E-state index contributed by atoms with van der Waals surface area (Å²) < 4.78 is 5.39. The van der Waals surface area contributed by atoms with Crippen LogP contribution in [-0.2, 0) is 9.53 Å². The van der Waals surface area contributed by atoms with Gasteiger partial charge in [-0.2, -0.15) is 0 Å². The van der Waals surface area contributed by atoms with Gasteiger partial charge in [-0.3, -0.25) is 4.79 Å². The largest absolute Gasteiger partial charge is 0.461 e. The second-order valence-electron chi connectivity index (χ2n) is 4.93. The highest BCUT2D eigenvalue weighted by Gasteiger charge is 2.22. The van der Waals surface area contributed by atoms with E-state index < -0.39 is 6.04 Å². The Labute approximate surface area is 92.4 Å². The summed E-state index contributed by atoms with van der Waals surface area (Å²) in [7, 11) is 0. The molecule has 0 aromatic rings. The van der Waals surface area contributed by atoms with Gasteiger partial charge >= 0.3 is 5.97 Å². The summed E-state index contributed by atoms with van der Waals surface area (Å²) in [6.07, 6.45) is 6.50. The minimum atomic E-state index is -0.438. The quantitative estimate of drug-likeness (QED) is 0.729. The van der Waals surface area contributed by atoms with Crippen LogP contribution < -0.4 is 5.73 Å². The lowest BCUT2D eigenvalue weighted by Crippen LogP contribution is -2.36. The zero-order valence-corrected chi connectivity index (χ0v) is 9.87. The topological polar surface area (TPSA) is 52.3 Å². The SMILES string of the molecule is CC(C)C[C@@H](N)C(=O)OC1CCCCC1. The third-order valence-electron chi connectivity index (χ3n) is 2.86. The molecule has 1 saturated carbocycles.